The van der Waals surface area contributed by atoms with Gasteiger partial charge in [-0.15, -0.1) is 0 Å². The van der Waals surface area contributed by atoms with Crippen LogP contribution >= 0.6 is 0 Å². The van der Waals surface area contributed by atoms with Crippen molar-refractivity contribution >= 4 is 12.5 Å². The molecule has 5 heteroatoms. The first-order valence-electron chi connectivity index (χ1n) is 13.2. The maximum absolute atomic E-state index is 8.00. The van der Waals surface area contributed by atoms with Gasteiger partial charge in [-0.3, -0.25) is 4.99 Å². The van der Waals surface area contributed by atoms with E-state index >= 15 is 0 Å². The van der Waals surface area contributed by atoms with Crippen LogP contribution in [0.2, 0.25) is 0 Å². The number of nitrogens with one attached hydrogen (secondary N) is 1. The Labute approximate surface area is 198 Å². The van der Waals surface area contributed by atoms with E-state index < -0.39 is 0 Å². The molecule has 0 heterocycles. The number of carbonyl (C=O) groups excluding carboxylic acids is 1. The van der Waals surface area contributed by atoms with Crippen LogP contribution in [-0.2, 0) is 4.79 Å². The summed E-state index contributed by atoms with van der Waals surface area (Å²) in [5, 5.41) is 7.32. The van der Waals surface area contributed by atoms with Crippen molar-refractivity contribution in [3.05, 3.63) is 0 Å². The fraction of sp³-hybridized carbons (Fsp3) is 0.926. The molecule has 4 saturated carbocycles. The molecule has 0 amide bonds. The van der Waals surface area contributed by atoms with Crippen molar-refractivity contribution in [1.82, 2.24) is 5.48 Å². The molecule has 4 fully saturated rings. The van der Waals surface area contributed by atoms with Crippen LogP contribution in [0.4, 0.5) is 0 Å². The highest BCUT2D eigenvalue weighted by Gasteiger charge is 2.59. The second-order valence-electron chi connectivity index (χ2n) is 10.6. The molecule has 7 unspecified atom stereocenters. The minimum Gasteiger partial charge on any atom is -0.329 e. The Hall–Kier alpha value is -0.780. The van der Waals surface area contributed by atoms with Crippen molar-refractivity contribution in [2.75, 3.05) is 20.1 Å². The summed E-state index contributed by atoms with van der Waals surface area (Å²) in [6, 6.07) is 0. The summed E-state index contributed by atoms with van der Waals surface area (Å²) >= 11 is 0. The van der Waals surface area contributed by atoms with Crippen LogP contribution in [0.3, 0.4) is 0 Å². The van der Waals surface area contributed by atoms with Gasteiger partial charge in [0.15, 0.2) is 0 Å². The molecule has 5 nitrogen and oxygen atoms in total. The largest absolute Gasteiger partial charge is 0.329 e. The van der Waals surface area contributed by atoms with Crippen LogP contribution in [-0.4, -0.2) is 37.8 Å². The maximum Gasteiger partial charge on any atom is 0.106 e. The second-order valence-corrected chi connectivity index (χ2v) is 10.6. The summed E-state index contributed by atoms with van der Waals surface area (Å²) in [6.07, 6.45) is 14.8. The summed E-state index contributed by atoms with van der Waals surface area (Å²) < 4.78 is 0. The first kappa shape index (κ1) is 29.3. The Kier molecular flexibility index (Phi) is 12.6. The number of carbonyl (C=O) groups is 1. The lowest BCUT2D eigenvalue weighted by Crippen LogP contribution is -2.53. The molecule has 7 atom stereocenters. The van der Waals surface area contributed by atoms with Gasteiger partial charge in [-0.2, -0.15) is 0 Å². The van der Waals surface area contributed by atoms with Crippen molar-refractivity contribution < 1.29 is 10.0 Å². The molecule has 0 aromatic heterocycles. The van der Waals surface area contributed by atoms with E-state index in [1.807, 2.05) is 20.6 Å². The topological polar surface area (TPSA) is 87.7 Å². The Balaban J connectivity index is 0.000000662. The average molecular weight is 452 g/mol. The van der Waals surface area contributed by atoms with Gasteiger partial charge in [0.25, 0.3) is 0 Å². The van der Waals surface area contributed by atoms with Crippen LogP contribution in [0.15, 0.2) is 4.99 Å². The third-order valence-electron chi connectivity index (χ3n) is 9.58. The molecule has 32 heavy (non-hydrogen) atoms. The molecule has 0 aliphatic heterocycles. The molecule has 0 radical (unpaired) electrons. The zero-order chi connectivity index (χ0) is 24.4. The summed E-state index contributed by atoms with van der Waals surface area (Å²) in [5.41, 5.74) is 10.0. The predicted octanol–water partition coefficient (Wildman–Crippen LogP) is 5.89. The molecule has 0 aromatic carbocycles. The van der Waals surface area contributed by atoms with Gasteiger partial charge in [0, 0.05) is 25.2 Å². The van der Waals surface area contributed by atoms with E-state index in [0.29, 0.717) is 17.4 Å². The Morgan fingerprint density at radius 3 is 2.25 bits per heavy atom. The number of hydroxylamine groups is 1. The van der Waals surface area contributed by atoms with Crippen molar-refractivity contribution in [3.8, 4) is 0 Å². The fourth-order valence-electron chi connectivity index (χ4n) is 8.33. The number of fused-ring (bicyclic) bond motifs is 5. The fourth-order valence-corrected chi connectivity index (χ4v) is 8.33. The first-order chi connectivity index (χ1) is 15.4. The van der Waals surface area contributed by atoms with Crippen LogP contribution in [0.5, 0.6) is 0 Å². The summed E-state index contributed by atoms with van der Waals surface area (Å²) in [7, 11) is 1.43. The maximum atomic E-state index is 8.00. The number of hydrogen-bond donors (Lipinski definition) is 3. The molecule has 4 aliphatic rings. The minimum atomic E-state index is 0.515. The zero-order valence-electron chi connectivity index (χ0n) is 22.0. The molecular formula is C27H53N3O2. The highest BCUT2D eigenvalue weighted by Crippen LogP contribution is 2.67. The monoisotopic (exact) mass is 451 g/mol. The molecular weight excluding hydrogens is 398 g/mol. The third-order valence-corrected chi connectivity index (χ3v) is 9.58. The lowest BCUT2D eigenvalue weighted by atomic mass is 9.45. The summed E-state index contributed by atoms with van der Waals surface area (Å²) in [6.45, 7) is 15.1. The van der Waals surface area contributed by atoms with E-state index in [4.69, 9.17) is 20.7 Å². The Bertz CT molecular complexity index is 569. The number of hydrogen-bond acceptors (Lipinski definition) is 5. The van der Waals surface area contributed by atoms with Gasteiger partial charge >= 0.3 is 0 Å². The summed E-state index contributed by atoms with van der Waals surface area (Å²) in [4.78, 5) is 12.8. The highest BCUT2D eigenvalue weighted by atomic mass is 16.5. The van der Waals surface area contributed by atoms with Crippen LogP contribution in [0.1, 0.15) is 98.8 Å². The number of aliphatic imine (C=N–C) groups is 1. The molecule has 188 valence electrons. The summed E-state index contributed by atoms with van der Waals surface area (Å²) in [5.74, 6) is 4.74. The van der Waals surface area contributed by atoms with Gasteiger partial charge in [-0.25, -0.2) is 5.48 Å². The standard InChI is InChI=1S/C23H40N2.C2H6.CH5NO.CH2O/c1-16(25-15-14-24)19-9-10-20-18-8-7-17-6-4-5-12-22(17,2)21(18)11-13-23(19,20)3;1-2;1-2-3;1-2/h17-21H,4-15,24H2,1-3H3;1-2H3;2-3H,1H3;1H2. The lowest BCUT2D eigenvalue weighted by Gasteiger charge is -2.60. The van der Waals surface area contributed by atoms with Gasteiger partial charge in [0.2, 0.25) is 0 Å². The molecule has 4 rings (SSSR count). The molecule has 0 aromatic rings. The van der Waals surface area contributed by atoms with Crippen molar-refractivity contribution in [2.45, 2.75) is 98.8 Å². The van der Waals surface area contributed by atoms with Gasteiger partial charge in [-0.05, 0) is 92.8 Å². The van der Waals surface area contributed by atoms with Crippen molar-refractivity contribution in [1.29, 1.82) is 0 Å². The number of nitrogens with zero attached hydrogens (tertiary/aromatic N) is 1. The highest BCUT2D eigenvalue weighted by molar-refractivity contribution is 5.85. The van der Waals surface area contributed by atoms with E-state index in [2.05, 4.69) is 20.8 Å². The Morgan fingerprint density at radius 1 is 1.00 bits per heavy atom. The van der Waals surface area contributed by atoms with Crippen LogP contribution in [0.25, 0.3) is 0 Å². The zero-order valence-corrected chi connectivity index (χ0v) is 22.0. The van der Waals surface area contributed by atoms with Crippen LogP contribution in [0, 0.1) is 40.4 Å². The van der Waals surface area contributed by atoms with E-state index in [0.717, 1.165) is 36.1 Å². The SMILES string of the molecule is C=O.CC.CC(=NCCN)C1CCC2C3CCC4CCCCC4(C)C3CCC12C.CNO. The second kappa shape index (κ2) is 13.8. The third kappa shape index (κ3) is 5.82. The minimum absolute atomic E-state index is 0.515. The van der Waals surface area contributed by atoms with Gasteiger partial charge < -0.3 is 15.7 Å². The van der Waals surface area contributed by atoms with E-state index in [9.17, 15) is 0 Å². The van der Waals surface area contributed by atoms with Gasteiger partial charge in [-0.1, -0.05) is 40.5 Å². The number of rotatable bonds is 3. The lowest BCUT2D eigenvalue weighted by molar-refractivity contribution is -0.106. The predicted molar refractivity (Wildman–Crippen MR) is 136 cm³/mol. The Morgan fingerprint density at radius 2 is 1.62 bits per heavy atom. The quantitative estimate of drug-likeness (QED) is 0.369. The van der Waals surface area contributed by atoms with Crippen LogP contribution < -0.4 is 11.2 Å². The van der Waals surface area contributed by atoms with E-state index in [1.165, 1.54) is 77.0 Å². The van der Waals surface area contributed by atoms with Gasteiger partial charge in [0.1, 0.15) is 6.79 Å². The molecule has 4 aliphatic carbocycles. The van der Waals surface area contributed by atoms with Gasteiger partial charge in [0.05, 0.1) is 6.54 Å². The number of nitrogens with two attached hydrogens (primary N) is 1. The average Bonchev–Trinajstić information content (AvgIpc) is 3.17. The molecule has 0 saturated heterocycles. The molecule has 0 bridgehead atoms. The molecule has 0 spiro atoms. The molecule has 4 N–H and O–H groups in total. The first-order valence-corrected chi connectivity index (χ1v) is 13.2. The normalized spacial score (nSPS) is 40.0. The van der Waals surface area contributed by atoms with E-state index in [-0.39, 0.29) is 0 Å². The smallest absolute Gasteiger partial charge is 0.106 e. The van der Waals surface area contributed by atoms with Crippen molar-refractivity contribution in [2.24, 2.45) is 51.1 Å². The van der Waals surface area contributed by atoms with Crippen molar-refractivity contribution in [3.63, 3.8) is 0 Å². The van der Waals surface area contributed by atoms with E-state index in [1.54, 1.807) is 5.48 Å².